The maximum absolute atomic E-state index is 13.1. The summed E-state index contributed by atoms with van der Waals surface area (Å²) in [5, 5.41) is 0. The Bertz CT molecular complexity index is 892. The summed E-state index contributed by atoms with van der Waals surface area (Å²) in [4.78, 5) is 30.3. The van der Waals surface area contributed by atoms with Crippen LogP contribution in [0.1, 0.15) is 28.8 Å². The first-order valence-electron chi connectivity index (χ1n) is 9.63. The lowest BCUT2D eigenvalue weighted by Gasteiger charge is -2.28. The largest absolute Gasteiger partial charge is 0.434 e. The molecule has 2 aromatic rings. The summed E-state index contributed by atoms with van der Waals surface area (Å²) < 4.78 is 29.9. The molecular formula is C22H24F2N2O3S. The van der Waals surface area contributed by atoms with Crippen LogP contribution in [0, 0.1) is 0 Å². The van der Waals surface area contributed by atoms with Crippen molar-refractivity contribution in [2.24, 2.45) is 0 Å². The van der Waals surface area contributed by atoms with E-state index in [1.807, 2.05) is 30.5 Å². The number of ether oxygens (including phenoxy) is 1. The highest BCUT2D eigenvalue weighted by Crippen LogP contribution is 2.27. The van der Waals surface area contributed by atoms with Gasteiger partial charge in [0.25, 0.3) is 5.91 Å². The van der Waals surface area contributed by atoms with Gasteiger partial charge in [0.15, 0.2) is 0 Å². The van der Waals surface area contributed by atoms with E-state index in [1.54, 1.807) is 29.8 Å². The summed E-state index contributed by atoms with van der Waals surface area (Å²) in [5.41, 5.74) is 1.03. The lowest BCUT2D eigenvalue weighted by molar-refractivity contribution is -0.134. The van der Waals surface area contributed by atoms with Gasteiger partial charge in [-0.3, -0.25) is 9.59 Å². The Hall–Kier alpha value is -2.61. The number of alkyl halides is 2. The van der Waals surface area contributed by atoms with Crippen LogP contribution in [0.25, 0.3) is 0 Å². The van der Waals surface area contributed by atoms with Crippen molar-refractivity contribution in [2.45, 2.75) is 36.9 Å². The van der Waals surface area contributed by atoms with Crippen molar-refractivity contribution in [3.8, 4) is 5.75 Å². The second kappa shape index (κ2) is 9.93. The molecule has 0 saturated carbocycles. The van der Waals surface area contributed by atoms with Crippen LogP contribution in [0.15, 0.2) is 53.4 Å². The predicted molar refractivity (Wildman–Crippen MR) is 112 cm³/mol. The van der Waals surface area contributed by atoms with Gasteiger partial charge in [-0.05, 0) is 48.9 Å². The van der Waals surface area contributed by atoms with Crippen LogP contribution in [-0.4, -0.2) is 54.1 Å². The minimum Gasteiger partial charge on any atom is -0.434 e. The van der Waals surface area contributed by atoms with Crippen LogP contribution in [0.2, 0.25) is 0 Å². The number of carbonyl (C=O) groups is 2. The van der Waals surface area contributed by atoms with Gasteiger partial charge >= 0.3 is 6.61 Å². The van der Waals surface area contributed by atoms with Crippen molar-refractivity contribution >= 4 is 23.6 Å². The number of amides is 2. The SMILES string of the molecule is CSc1ccc(CN(C)C(=O)C2CCCN2C(=O)c2ccccc2OC(F)F)cc1. The van der Waals surface area contributed by atoms with Gasteiger partial charge in [-0.25, -0.2) is 0 Å². The number of benzene rings is 2. The number of hydrogen-bond acceptors (Lipinski definition) is 4. The number of thioether (sulfide) groups is 1. The van der Waals surface area contributed by atoms with Crippen LogP contribution < -0.4 is 4.74 Å². The number of likely N-dealkylation sites (tertiary alicyclic amines) is 1. The standard InChI is InChI=1S/C22H24F2N2O3S/c1-25(14-15-9-11-16(30-2)12-10-15)21(28)18-7-5-13-26(18)20(27)17-6-3-4-8-19(17)29-22(23)24/h3-4,6,8-12,18,22H,5,7,13-14H2,1-2H3. The van der Waals surface area contributed by atoms with Gasteiger partial charge in [0.05, 0.1) is 5.56 Å². The molecule has 1 unspecified atom stereocenters. The zero-order valence-corrected chi connectivity index (χ0v) is 17.7. The van der Waals surface area contributed by atoms with Gasteiger partial charge in [-0.2, -0.15) is 8.78 Å². The molecule has 2 aromatic carbocycles. The first-order chi connectivity index (χ1) is 14.4. The lowest BCUT2D eigenvalue weighted by Crippen LogP contribution is -2.46. The third-order valence-corrected chi connectivity index (χ3v) is 5.83. The smallest absolute Gasteiger partial charge is 0.387 e. The summed E-state index contributed by atoms with van der Waals surface area (Å²) in [6, 6.07) is 13.2. The molecule has 2 amide bonds. The molecule has 0 radical (unpaired) electrons. The average Bonchev–Trinajstić information content (AvgIpc) is 3.23. The zero-order chi connectivity index (χ0) is 21.7. The van der Waals surface area contributed by atoms with Crippen molar-refractivity contribution in [1.29, 1.82) is 0 Å². The Morgan fingerprint density at radius 1 is 1.20 bits per heavy atom. The Morgan fingerprint density at radius 2 is 1.90 bits per heavy atom. The second-order valence-electron chi connectivity index (χ2n) is 7.07. The number of hydrogen-bond donors (Lipinski definition) is 0. The summed E-state index contributed by atoms with van der Waals surface area (Å²) in [6.45, 7) is -2.20. The van der Waals surface area contributed by atoms with Gasteiger partial charge in [0.2, 0.25) is 5.91 Å². The van der Waals surface area contributed by atoms with Gasteiger partial charge in [0, 0.05) is 25.0 Å². The van der Waals surface area contributed by atoms with Crippen molar-refractivity contribution in [3.05, 3.63) is 59.7 Å². The van der Waals surface area contributed by atoms with Crippen LogP contribution in [0.3, 0.4) is 0 Å². The quantitative estimate of drug-likeness (QED) is 0.611. The Labute approximate surface area is 179 Å². The molecule has 30 heavy (non-hydrogen) atoms. The van der Waals surface area contributed by atoms with Crippen LogP contribution in [0.4, 0.5) is 8.78 Å². The summed E-state index contributed by atoms with van der Waals surface area (Å²) >= 11 is 1.65. The summed E-state index contributed by atoms with van der Waals surface area (Å²) in [5.74, 6) is -0.820. The Kier molecular flexibility index (Phi) is 7.31. The third-order valence-electron chi connectivity index (χ3n) is 5.09. The molecule has 1 aliphatic rings. The summed E-state index contributed by atoms with van der Waals surface area (Å²) in [6.07, 6.45) is 3.22. The van der Waals surface area contributed by atoms with Gasteiger partial charge in [0.1, 0.15) is 11.8 Å². The predicted octanol–water partition coefficient (Wildman–Crippen LogP) is 4.27. The molecule has 0 bridgehead atoms. The molecule has 1 saturated heterocycles. The van der Waals surface area contributed by atoms with Crippen molar-refractivity contribution < 1.29 is 23.1 Å². The molecule has 1 atom stereocenters. The molecule has 1 fully saturated rings. The molecule has 8 heteroatoms. The number of carbonyl (C=O) groups excluding carboxylic acids is 2. The molecule has 5 nitrogen and oxygen atoms in total. The Balaban J connectivity index is 1.73. The lowest BCUT2D eigenvalue weighted by atomic mass is 10.1. The fraction of sp³-hybridized carbons (Fsp3) is 0.364. The zero-order valence-electron chi connectivity index (χ0n) is 16.9. The van der Waals surface area contributed by atoms with Crippen LogP contribution in [0.5, 0.6) is 5.75 Å². The van der Waals surface area contributed by atoms with Gasteiger partial charge < -0.3 is 14.5 Å². The molecule has 1 heterocycles. The molecular weight excluding hydrogens is 410 g/mol. The fourth-order valence-corrected chi connectivity index (χ4v) is 4.01. The minimum absolute atomic E-state index is 0.0350. The highest BCUT2D eigenvalue weighted by Gasteiger charge is 2.37. The van der Waals surface area contributed by atoms with Crippen LogP contribution in [-0.2, 0) is 11.3 Å². The van der Waals surface area contributed by atoms with E-state index in [0.717, 1.165) is 10.5 Å². The van der Waals surface area contributed by atoms with E-state index in [2.05, 4.69) is 4.74 Å². The minimum atomic E-state index is -3.03. The van der Waals surface area contributed by atoms with E-state index in [4.69, 9.17) is 0 Å². The van der Waals surface area contributed by atoms with E-state index < -0.39 is 18.6 Å². The van der Waals surface area contributed by atoms with E-state index >= 15 is 0 Å². The topological polar surface area (TPSA) is 49.9 Å². The third kappa shape index (κ3) is 5.11. The first kappa shape index (κ1) is 22.1. The average molecular weight is 435 g/mol. The summed E-state index contributed by atoms with van der Waals surface area (Å²) in [7, 11) is 1.71. The van der Waals surface area contributed by atoms with E-state index in [0.29, 0.717) is 25.9 Å². The van der Waals surface area contributed by atoms with Gasteiger partial charge in [-0.1, -0.05) is 24.3 Å². The normalized spacial score (nSPS) is 16.0. The highest BCUT2D eigenvalue weighted by atomic mass is 32.2. The second-order valence-corrected chi connectivity index (χ2v) is 7.95. The molecule has 160 valence electrons. The monoisotopic (exact) mass is 434 g/mol. The maximum atomic E-state index is 13.1. The fourth-order valence-electron chi connectivity index (χ4n) is 3.60. The van der Waals surface area contributed by atoms with Gasteiger partial charge in [-0.15, -0.1) is 11.8 Å². The number of para-hydroxylation sites is 1. The van der Waals surface area contributed by atoms with E-state index in [-0.39, 0.29) is 17.2 Å². The van der Waals surface area contributed by atoms with E-state index in [9.17, 15) is 18.4 Å². The molecule has 0 N–H and O–H groups in total. The van der Waals surface area contributed by atoms with Crippen molar-refractivity contribution in [1.82, 2.24) is 9.80 Å². The highest BCUT2D eigenvalue weighted by molar-refractivity contribution is 7.98. The van der Waals surface area contributed by atoms with Crippen LogP contribution >= 0.6 is 11.8 Å². The first-order valence-corrected chi connectivity index (χ1v) is 10.9. The van der Waals surface area contributed by atoms with Crippen molar-refractivity contribution in [3.63, 3.8) is 0 Å². The number of likely N-dealkylation sites (N-methyl/N-ethyl adjacent to an activating group) is 1. The number of nitrogens with zero attached hydrogens (tertiary/aromatic N) is 2. The Morgan fingerprint density at radius 3 is 2.57 bits per heavy atom. The van der Waals surface area contributed by atoms with Crippen molar-refractivity contribution in [2.75, 3.05) is 19.8 Å². The molecule has 0 spiro atoms. The number of halogens is 2. The molecule has 0 aliphatic carbocycles. The molecule has 3 rings (SSSR count). The number of rotatable bonds is 7. The molecule has 0 aromatic heterocycles. The maximum Gasteiger partial charge on any atom is 0.387 e. The van der Waals surface area contributed by atoms with E-state index in [1.165, 1.54) is 23.1 Å². The molecule has 1 aliphatic heterocycles.